The van der Waals surface area contributed by atoms with E-state index in [1.54, 1.807) is 22.3 Å². The Morgan fingerprint density at radius 2 is 0.936 bits per heavy atom. The third kappa shape index (κ3) is 6.42. The van der Waals surface area contributed by atoms with E-state index in [1.807, 2.05) is 0 Å². The van der Waals surface area contributed by atoms with Gasteiger partial charge in [-0.2, -0.15) is 0 Å². The van der Waals surface area contributed by atoms with Gasteiger partial charge in [-0.25, -0.2) is 0 Å². The fraction of sp³-hybridized carbons (Fsp3) is 0.364. The molecule has 2 aliphatic carbocycles. The van der Waals surface area contributed by atoms with E-state index in [4.69, 9.17) is 0 Å². The Balaban J connectivity index is 0.00000217. The van der Waals surface area contributed by atoms with Gasteiger partial charge in [-0.15, -0.1) is 0 Å². The van der Waals surface area contributed by atoms with Crippen molar-refractivity contribution in [3.8, 4) is 22.3 Å². The van der Waals surface area contributed by atoms with Crippen LogP contribution >= 0.6 is 0 Å². The van der Waals surface area contributed by atoms with Crippen LogP contribution in [0.2, 0.25) is 9.45 Å². The van der Waals surface area contributed by atoms with Gasteiger partial charge in [-0.3, -0.25) is 0 Å². The minimum atomic E-state index is -2.42. The van der Waals surface area contributed by atoms with Crippen molar-refractivity contribution >= 4 is 12.2 Å². The quantitative estimate of drug-likeness (QED) is 0.151. The monoisotopic (exact) mass is 696 g/mol. The molecule has 4 aromatic rings. The Bertz CT molecular complexity index is 1640. The molecule has 2 atom stereocenters. The van der Waals surface area contributed by atoms with Crippen LogP contribution in [0.5, 0.6) is 0 Å². The smallest absolute Gasteiger partial charge is 1.00 e. The van der Waals surface area contributed by atoms with E-state index in [9.17, 15) is 0 Å². The second-order valence-corrected chi connectivity index (χ2v) is 21.9. The van der Waals surface area contributed by atoms with Gasteiger partial charge in [0.1, 0.15) is 0 Å². The first kappa shape index (κ1) is 35.9. The molecule has 1 saturated heterocycles. The number of hydrogen-bond donors (Lipinski definition) is 0. The van der Waals surface area contributed by atoms with Crippen molar-refractivity contribution in [3.63, 3.8) is 0 Å². The first-order valence-electron chi connectivity index (χ1n) is 17.7. The number of rotatable bonds is 10. The summed E-state index contributed by atoms with van der Waals surface area (Å²) in [4.78, 5) is 0. The van der Waals surface area contributed by atoms with Crippen molar-refractivity contribution in [2.45, 2.75) is 97.0 Å². The van der Waals surface area contributed by atoms with Crippen LogP contribution in [-0.4, -0.2) is 0 Å². The first-order valence-corrected chi connectivity index (χ1v) is 21.7. The number of benzene rings is 4. The summed E-state index contributed by atoms with van der Waals surface area (Å²) in [5, 5.41) is 0. The number of hydrogen-bond acceptors (Lipinski definition) is 0. The van der Waals surface area contributed by atoms with Gasteiger partial charge in [-0.1, -0.05) is 0 Å². The fourth-order valence-corrected chi connectivity index (χ4v) is 19.2. The minimum absolute atomic E-state index is 0. The van der Waals surface area contributed by atoms with Crippen molar-refractivity contribution < 1.29 is 41.4 Å². The van der Waals surface area contributed by atoms with Crippen LogP contribution in [-0.2, 0) is 16.6 Å². The molecular weight excluding hydrogens is 647 g/mol. The number of allylic oxidation sites excluding steroid dienone is 2. The molecular formula is C44H50Cl2Ti. The molecule has 0 bridgehead atoms. The van der Waals surface area contributed by atoms with Crippen LogP contribution in [0.25, 0.3) is 34.4 Å². The van der Waals surface area contributed by atoms with E-state index < -0.39 is 16.6 Å². The summed E-state index contributed by atoms with van der Waals surface area (Å²) in [5.74, 6) is 1.12. The molecule has 2 unspecified atom stereocenters. The fourth-order valence-electron chi connectivity index (χ4n) is 8.78. The number of fused-ring (bicyclic) bond motifs is 2. The second kappa shape index (κ2) is 14.6. The molecule has 4 aromatic carbocycles. The molecule has 1 fully saturated rings. The van der Waals surface area contributed by atoms with Crippen LogP contribution in [0.15, 0.2) is 96.1 Å². The molecule has 244 valence electrons. The first-order chi connectivity index (χ1) is 21.9. The van der Waals surface area contributed by atoms with E-state index in [1.165, 1.54) is 79.6 Å². The number of halogens is 2. The average molecular weight is 698 g/mol. The average Bonchev–Trinajstić information content (AvgIpc) is 3.60. The summed E-state index contributed by atoms with van der Waals surface area (Å²) in [6, 6.07) is 33.3. The minimum Gasteiger partial charge on any atom is -1.00 e. The van der Waals surface area contributed by atoms with Crippen molar-refractivity contribution in [1.29, 1.82) is 0 Å². The summed E-state index contributed by atoms with van der Waals surface area (Å²) in [5.41, 5.74) is 18.3. The van der Waals surface area contributed by atoms with Crippen LogP contribution in [0.3, 0.4) is 0 Å². The Kier molecular flexibility index (Phi) is 11.2. The maximum absolute atomic E-state index is 2.66. The Labute approximate surface area is 300 Å². The third-order valence-electron chi connectivity index (χ3n) is 11.1. The predicted octanol–water partition coefficient (Wildman–Crippen LogP) is 7.46. The maximum atomic E-state index is 2.66. The molecule has 1 aliphatic heterocycles. The van der Waals surface area contributed by atoms with Gasteiger partial charge in [0.05, 0.1) is 0 Å². The molecule has 0 nitrogen and oxygen atoms in total. The van der Waals surface area contributed by atoms with E-state index in [2.05, 4.69) is 139 Å². The molecule has 3 heteroatoms. The van der Waals surface area contributed by atoms with Gasteiger partial charge in [0.15, 0.2) is 0 Å². The summed E-state index contributed by atoms with van der Waals surface area (Å²) >= 11 is -2.42. The zero-order valence-electron chi connectivity index (χ0n) is 29.0. The summed E-state index contributed by atoms with van der Waals surface area (Å²) in [7, 11) is 0. The summed E-state index contributed by atoms with van der Waals surface area (Å²) in [6.45, 7) is 13.9. The van der Waals surface area contributed by atoms with Crippen LogP contribution in [0, 0.1) is 0 Å². The maximum Gasteiger partial charge on any atom is -1.00 e. The Morgan fingerprint density at radius 3 is 1.26 bits per heavy atom. The zero-order valence-corrected chi connectivity index (χ0v) is 32.1. The molecule has 47 heavy (non-hydrogen) atoms. The van der Waals surface area contributed by atoms with E-state index in [0.29, 0.717) is 20.3 Å². The van der Waals surface area contributed by atoms with Crippen LogP contribution in [0.4, 0.5) is 0 Å². The molecule has 1 heterocycles. The van der Waals surface area contributed by atoms with Crippen molar-refractivity contribution in [1.82, 2.24) is 0 Å². The van der Waals surface area contributed by atoms with Crippen molar-refractivity contribution in [2.24, 2.45) is 0 Å². The van der Waals surface area contributed by atoms with E-state index in [-0.39, 0.29) is 24.8 Å². The molecule has 0 saturated carbocycles. The van der Waals surface area contributed by atoms with Gasteiger partial charge < -0.3 is 24.8 Å². The predicted molar refractivity (Wildman–Crippen MR) is 193 cm³/mol. The SMILES string of the molecule is CCCC1=Cc2c(-c3ccc(C(C)C)cc3)cccc2[CH]1[Ti+2]1([CH]2C(CCC)=Cc3c(-c4ccc(C(C)C)cc4)cccc32)[CH2][CH2]1.[Cl-].[Cl-]. The molecule has 0 amide bonds. The largest absolute Gasteiger partial charge is 1.00 e. The van der Waals surface area contributed by atoms with Gasteiger partial charge in [0.25, 0.3) is 0 Å². The third-order valence-corrected chi connectivity index (χ3v) is 19.4. The summed E-state index contributed by atoms with van der Waals surface area (Å²) in [6.07, 6.45) is 10.2. The normalized spacial score (nSPS) is 18.0. The zero-order chi connectivity index (χ0) is 31.3. The summed E-state index contributed by atoms with van der Waals surface area (Å²) < 4.78 is 4.36. The van der Waals surface area contributed by atoms with Crippen LogP contribution < -0.4 is 24.8 Å². The molecule has 0 radical (unpaired) electrons. The second-order valence-electron chi connectivity index (χ2n) is 14.7. The molecule has 0 aromatic heterocycles. The van der Waals surface area contributed by atoms with Crippen molar-refractivity contribution in [3.05, 3.63) is 129 Å². The van der Waals surface area contributed by atoms with Crippen LogP contribution in [0.1, 0.15) is 121 Å². The molecule has 3 aliphatic rings. The van der Waals surface area contributed by atoms with Crippen molar-refractivity contribution in [2.75, 3.05) is 0 Å². The molecule has 0 N–H and O–H groups in total. The topological polar surface area (TPSA) is 0 Å². The van der Waals surface area contributed by atoms with Gasteiger partial charge >= 0.3 is 277 Å². The van der Waals surface area contributed by atoms with E-state index in [0.717, 1.165) is 0 Å². The Morgan fingerprint density at radius 1 is 0.553 bits per heavy atom. The van der Waals surface area contributed by atoms with Gasteiger partial charge in [0, 0.05) is 0 Å². The molecule has 7 rings (SSSR count). The van der Waals surface area contributed by atoms with Gasteiger partial charge in [-0.05, 0) is 0 Å². The Hall–Kier alpha value is -2.35. The van der Waals surface area contributed by atoms with Gasteiger partial charge in [0.2, 0.25) is 0 Å². The van der Waals surface area contributed by atoms with E-state index >= 15 is 0 Å². The standard InChI is InChI=1S/2C21H23.C2H4.2ClH.Ti/c2*1-4-6-16-13-19-7-5-8-20(21(19)14-16)18-11-9-17(10-12-18)15(2)3;1-2;;;/h2*5,7-15H,4,6H2,1-3H3;1-2H2;2*1H;/q;;;;;+2/p-2. The molecule has 0 spiro atoms.